The lowest BCUT2D eigenvalue weighted by atomic mass is 10.0. The van der Waals surface area contributed by atoms with Gasteiger partial charge in [-0.25, -0.2) is 4.68 Å². The maximum Gasteiger partial charge on any atom is 0.108 e. The Balaban J connectivity index is 1.33. The molecular formula is C20H23N5O. The number of benzene rings is 1. The van der Waals surface area contributed by atoms with E-state index in [-0.39, 0.29) is 6.61 Å². The van der Waals surface area contributed by atoms with Gasteiger partial charge in [-0.1, -0.05) is 35.5 Å². The van der Waals surface area contributed by atoms with Gasteiger partial charge >= 0.3 is 0 Å². The zero-order chi connectivity index (χ0) is 17.8. The fourth-order valence-electron chi connectivity index (χ4n) is 3.48. The maximum absolute atomic E-state index is 9.12. The van der Waals surface area contributed by atoms with Crippen LogP contribution in [0.3, 0.4) is 0 Å². The summed E-state index contributed by atoms with van der Waals surface area (Å²) in [5.41, 5.74) is 4.13. The summed E-state index contributed by atoms with van der Waals surface area (Å²) < 4.78 is 1.91. The van der Waals surface area contributed by atoms with Crippen molar-refractivity contribution in [1.82, 2.24) is 24.9 Å². The van der Waals surface area contributed by atoms with E-state index in [0.29, 0.717) is 11.7 Å². The van der Waals surface area contributed by atoms with Crippen molar-refractivity contribution in [3.05, 3.63) is 66.1 Å². The topological polar surface area (TPSA) is 67.1 Å². The van der Waals surface area contributed by atoms with Crippen LogP contribution >= 0.6 is 0 Å². The minimum Gasteiger partial charge on any atom is -0.390 e. The molecule has 26 heavy (non-hydrogen) atoms. The van der Waals surface area contributed by atoms with Crippen molar-refractivity contribution in [2.24, 2.45) is 0 Å². The summed E-state index contributed by atoms with van der Waals surface area (Å²) in [6, 6.07) is 15.1. The Labute approximate surface area is 153 Å². The van der Waals surface area contributed by atoms with Crippen LogP contribution in [0.15, 0.2) is 54.9 Å². The van der Waals surface area contributed by atoms with Crippen molar-refractivity contribution in [1.29, 1.82) is 0 Å². The van der Waals surface area contributed by atoms with Gasteiger partial charge in [0.15, 0.2) is 0 Å². The number of hydrogen-bond donors (Lipinski definition) is 1. The number of piperidine rings is 1. The zero-order valence-corrected chi connectivity index (χ0v) is 14.7. The molecule has 1 N–H and O–H groups in total. The fraction of sp³-hybridized carbons (Fsp3) is 0.350. The molecule has 0 aliphatic carbocycles. The lowest BCUT2D eigenvalue weighted by Crippen LogP contribution is -2.34. The van der Waals surface area contributed by atoms with Crippen molar-refractivity contribution in [3.63, 3.8) is 0 Å². The minimum atomic E-state index is -0.0483. The van der Waals surface area contributed by atoms with Crippen LogP contribution in [-0.4, -0.2) is 43.1 Å². The van der Waals surface area contributed by atoms with Crippen LogP contribution in [0.5, 0.6) is 0 Å². The monoisotopic (exact) mass is 349 g/mol. The van der Waals surface area contributed by atoms with E-state index in [4.69, 9.17) is 5.11 Å². The number of aliphatic hydroxyl groups is 1. The van der Waals surface area contributed by atoms with Gasteiger partial charge in [-0.2, -0.15) is 0 Å². The van der Waals surface area contributed by atoms with Crippen molar-refractivity contribution >= 4 is 0 Å². The quantitative estimate of drug-likeness (QED) is 0.767. The lowest BCUT2D eigenvalue weighted by molar-refractivity contribution is 0.172. The van der Waals surface area contributed by atoms with Crippen LogP contribution in [0, 0.1) is 0 Å². The molecule has 4 rings (SSSR count). The molecule has 0 saturated carbocycles. The first kappa shape index (κ1) is 16.9. The van der Waals surface area contributed by atoms with Crippen LogP contribution in [0.1, 0.15) is 30.1 Å². The molecule has 0 atom stereocenters. The van der Waals surface area contributed by atoms with Gasteiger partial charge in [0.2, 0.25) is 0 Å². The molecule has 6 nitrogen and oxygen atoms in total. The Bertz CT molecular complexity index is 823. The molecule has 0 bridgehead atoms. The molecule has 0 amide bonds. The summed E-state index contributed by atoms with van der Waals surface area (Å²) in [5, 5.41) is 17.2. The third-order valence-electron chi connectivity index (χ3n) is 4.97. The number of pyridine rings is 1. The Hall–Kier alpha value is -2.57. The van der Waals surface area contributed by atoms with Crippen LogP contribution < -0.4 is 0 Å². The molecule has 0 spiro atoms. The first-order valence-electron chi connectivity index (χ1n) is 9.06. The fourth-order valence-corrected chi connectivity index (χ4v) is 3.48. The van der Waals surface area contributed by atoms with E-state index in [2.05, 4.69) is 44.5 Å². The van der Waals surface area contributed by atoms with Crippen LogP contribution in [0.25, 0.3) is 11.3 Å². The van der Waals surface area contributed by atoms with E-state index >= 15 is 0 Å². The van der Waals surface area contributed by atoms with Gasteiger partial charge in [0, 0.05) is 31.4 Å². The summed E-state index contributed by atoms with van der Waals surface area (Å²) in [4.78, 5) is 6.88. The molecule has 1 aliphatic rings. The van der Waals surface area contributed by atoms with Crippen LogP contribution in [0.2, 0.25) is 0 Å². The van der Waals surface area contributed by atoms with Gasteiger partial charge in [-0.05, 0) is 30.5 Å². The predicted molar refractivity (Wildman–Crippen MR) is 99.2 cm³/mol. The highest BCUT2D eigenvalue weighted by Gasteiger charge is 2.21. The van der Waals surface area contributed by atoms with Crippen molar-refractivity contribution < 1.29 is 5.11 Å². The third kappa shape index (κ3) is 3.81. The van der Waals surface area contributed by atoms with Gasteiger partial charge in [-0.3, -0.25) is 9.88 Å². The number of rotatable bonds is 5. The van der Waals surface area contributed by atoms with Gasteiger partial charge < -0.3 is 5.11 Å². The molecular weight excluding hydrogens is 326 g/mol. The summed E-state index contributed by atoms with van der Waals surface area (Å²) in [5.74, 6) is 0. The number of aliphatic hydroxyl groups excluding tert-OH is 1. The Kier molecular flexibility index (Phi) is 5.04. The molecule has 0 unspecified atom stereocenters. The molecule has 134 valence electrons. The highest BCUT2D eigenvalue weighted by Crippen LogP contribution is 2.24. The average molecular weight is 349 g/mol. The summed E-state index contributed by atoms with van der Waals surface area (Å²) in [6.07, 6.45) is 5.79. The largest absolute Gasteiger partial charge is 0.390 e. The third-order valence-corrected chi connectivity index (χ3v) is 4.97. The predicted octanol–water partition coefficient (Wildman–Crippen LogP) is 2.67. The number of aromatic nitrogens is 4. The van der Waals surface area contributed by atoms with Crippen LogP contribution in [-0.2, 0) is 13.2 Å². The molecule has 1 saturated heterocycles. The smallest absolute Gasteiger partial charge is 0.108 e. The second-order valence-corrected chi connectivity index (χ2v) is 6.77. The van der Waals surface area contributed by atoms with E-state index in [0.717, 1.165) is 43.7 Å². The van der Waals surface area contributed by atoms with Crippen molar-refractivity contribution in [2.75, 3.05) is 13.1 Å². The summed E-state index contributed by atoms with van der Waals surface area (Å²) in [6.45, 7) is 3.00. The minimum absolute atomic E-state index is 0.0483. The van der Waals surface area contributed by atoms with Gasteiger partial charge in [-0.15, -0.1) is 5.10 Å². The summed E-state index contributed by atoms with van der Waals surface area (Å²) in [7, 11) is 0. The van der Waals surface area contributed by atoms with E-state index in [9.17, 15) is 0 Å². The Morgan fingerprint density at radius 3 is 2.50 bits per heavy atom. The van der Waals surface area contributed by atoms with E-state index < -0.39 is 0 Å². The lowest BCUT2D eigenvalue weighted by Gasteiger charge is -2.31. The number of hydrogen-bond acceptors (Lipinski definition) is 5. The second-order valence-electron chi connectivity index (χ2n) is 6.77. The van der Waals surface area contributed by atoms with Gasteiger partial charge in [0.25, 0.3) is 0 Å². The molecule has 3 aromatic rings. The molecule has 0 radical (unpaired) electrons. The van der Waals surface area contributed by atoms with Gasteiger partial charge in [0.1, 0.15) is 5.69 Å². The second kappa shape index (κ2) is 7.76. The SMILES string of the molecule is OCc1cn(C2CCN(Cc3ccc(-c4ccccn4)cc3)CC2)nn1. The zero-order valence-electron chi connectivity index (χ0n) is 14.7. The molecule has 2 aromatic heterocycles. The Morgan fingerprint density at radius 1 is 1.04 bits per heavy atom. The molecule has 6 heteroatoms. The normalized spacial score (nSPS) is 16.0. The van der Waals surface area contributed by atoms with E-state index in [1.807, 2.05) is 35.3 Å². The molecule has 3 heterocycles. The first-order chi connectivity index (χ1) is 12.8. The van der Waals surface area contributed by atoms with Crippen molar-refractivity contribution in [3.8, 4) is 11.3 Å². The maximum atomic E-state index is 9.12. The number of nitrogens with zero attached hydrogens (tertiary/aromatic N) is 5. The number of likely N-dealkylation sites (tertiary alicyclic amines) is 1. The highest BCUT2D eigenvalue weighted by molar-refractivity contribution is 5.58. The highest BCUT2D eigenvalue weighted by atomic mass is 16.3. The standard InChI is InChI=1S/C20H23N5O/c26-15-18-14-25(23-22-18)19-8-11-24(12-9-19)13-16-4-6-17(7-5-16)20-3-1-2-10-21-20/h1-7,10,14,19,26H,8-9,11-13,15H2. The summed E-state index contributed by atoms with van der Waals surface area (Å²) >= 11 is 0. The molecule has 1 fully saturated rings. The average Bonchev–Trinajstić information content (AvgIpc) is 3.19. The van der Waals surface area contributed by atoms with E-state index in [1.54, 1.807) is 0 Å². The first-order valence-corrected chi connectivity index (χ1v) is 9.06. The Morgan fingerprint density at radius 2 is 1.85 bits per heavy atom. The van der Waals surface area contributed by atoms with Crippen molar-refractivity contribution in [2.45, 2.75) is 32.0 Å². The molecule has 1 aromatic carbocycles. The van der Waals surface area contributed by atoms with E-state index in [1.165, 1.54) is 5.56 Å². The van der Waals surface area contributed by atoms with Crippen LogP contribution in [0.4, 0.5) is 0 Å². The molecule has 1 aliphatic heterocycles. The van der Waals surface area contributed by atoms with Gasteiger partial charge in [0.05, 0.1) is 24.5 Å².